The van der Waals surface area contributed by atoms with Crippen molar-refractivity contribution in [1.82, 2.24) is 9.97 Å². The summed E-state index contributed by atoms with van der Waals surface area (Å²) < 4.78 is 19.5. The van der Waals surface area contributed by atoms with Crippen LogP contribution in [0.4, 0.5) is 10.2 Å². The summed E-state index contributed by atoms with van der Waals surface area (Å²) in [5, 5.41) is 3.13. The van der Waals surface area contributed by atoms with E-state index in [1.54, 1.807) is 30.6 Å². The number of anilines is 1. The molecule has 3 rings (SSSR count). The smallest absolute Gasteiger partial charge is 0.166 e. The highest BCUT2D eigenvalue weighted by atomic mass is 19.1. The second-order valence-corrected chi connectivity index (χ2v) is 4.62. The van der Waals surface area contributed by atoms with E-state index in [0.717, 1.165) is 11.4 Å². The quantitative estimate of drug-likeness (QED) is 0.772. The molecule has 2 heterocycles. The first-order valence-electron chi connectivity index (χ1n) is 6.82. The molecule has 0 aliphatic heterocycles. The zero-order valence-corrected chi connectivity index (χ0v) is 11.7. The first kappa shape index (κ1) is 14.0. The van der Waals surface area contributed by atoms with Crippen molar-refractivity contribution in [3.8, 4) is 11.5 Å². The lowest BCUT2D eigenvalue weighted by Gasteiger charge is -2.09. The number of ether oxygens (including phenoxy) is 1. The van der Waals surface area contributed by atoms with E-state index < -0.39 is 5.82 Å². The molecule has 110 valence electrons. The topological polar surface area (TPSA) is 47.0 Å². The molecule has 1 N–H and O–H groups in total. The lowest BCUT2D eigenvalue weighted by Crippen LogP contribution is -2.01. The van der Waals surface area contributed by atoms with Crippen molar-refractivity contribution in [1.29, 1.82) is 0 Å². The van der Waals surface area contributed by atoms with Crippen molar-refractivity contribution in [3.05, 3.63) is 78.5 Å². The van der Waals surface area contributed by atoms with Crippen LogP contribution in [0.5, 0.6) is 11.5 Å². The average molecular weight is 295 g/mol. The van der Waals surface area contributed by atoms with Gasteiger partial charge in [-0.2, -0.15) is 0 Å². The lowest BCUT2D eigenvalue weighted by molar-refractivity contribution is 0.440. The molecule has 0 saturated carbocycles. The van der Waals surface area contributed by atoms with Crippen LogP contribution in [0.15, 0.2) is 67.1 Å². The fourth-order valence-corrected chi connectivity index (χ4v) is 1.93. The van der Waals surface area contributed by atoms with Crippen molar-refractivity contribution >= 4 is 5.82 Å². The zero-order valence-electron chi connectivity index (χ0n) is 11.7. The summed E-state index contributed by atoms with van der Waals surface area (Å²) in [6.07, 6.45) is 4.87. The number of rotatable bonds is 5. The Bertz CT molecular complexity index is 735. The number of hydrogen-bond acceptors (Lipinski definition) is 4. The molecule has 0 aliphatic carbocycles. The monoisotopic (exact) mass is 295 g/mol. The normalized spacial score (nSPS) is 10.2. The SMILES string of the molecule is Fc1cc(CNc2ccccn2)ccc1Oc1cccnc1. The molecule has 0 unspecified atom stereocenters. The summed E-state index contributed by atoms with van der Waals surface area (Å²) in [6, 6.07) is 13.9. The van der Waals surface area contributed by atoms with Crippen molar-refractivity contribution in [2.75, 3.05) is 5.32 Å². The molecule has 2 aromatic heterocycles. The second-order valence-electron chi connectivity index (χ2n) is 4.62. The van der Waals surface area contributed by atoms with E-state index >= 15 is 0 Å². The first-order chi connectivity index (χ1) is 10.8. The van der Waals surface area contributed by atoms with E-state index in [0.29, 0.717) is 12.3 Å². The molecule has 0 fully saturated rings. The molecule has 4 nitrogen and oxygen atoms in total. The summed E-state index contributed by atoms with van der Waals surface area (Å²) in [6.45, 7) is 0.487. The van der Waals surface area contributed by atoms with E-state index in [1.807, 2.05) is 24.3 Å². The molecular weight excluding hydrogens is 281 g/mol. The van der Waals surface area contributed by atoms with Crippen molar-refractivity contribution in [2.24, 2.45) is 0 Å². The van der Waals surface area contributed by atoms with Crippen LogP contribution in [0.2, 0.25) is 0 Å². The maximum Gasteiger partial charge on any atom is 0.166 e. The Morgan fingerprint density at radius 3 is 2.73 bits per heavy atom. The van der Waals surface area contributed by atoms with Gasteiger partial charge in [0.2, 0.25) is 0 Å². The highest BCUT2D eigenvalue weighted by Crippen LogP contribution is 2.24. The van der Waals surface area contributed by atoms with E-state index in [4.69, 9.17) is 4.74 Å². The molecule has 0 radical (unpaired) electrons. The second kappa shape index (κ2) is 6.67. The van der Waals surface area contributed by atoms with Crippen molar-refractivity contribution < 1.29 is 9.13 Å². The average Bonchev–Trinajstić information content (AvgIpc) is 2.57. The van der Waals surface area contributed by atoms with Gasteiger partial charge in [-0.25, -0.2) is 9.37 Å². The minimum atomic E-state index is -0.413. The maximum absolute atomic E-state index is 14.1. The van der Waals surface area contributed by atoms with E-state index in [1.165, 1.54) is 12.3 Å². The Morgan fingerprint density at radius 1 is 1.05 bits per heavy atom. The van der Waals surface area contributed by atoms with Crippen molar-refractivity contribution in [3.63, 3.8) is 0 Å². The molecule has 0 bridgehead atoms. The third-order valence-electron chi connectivity index (χ3n) is 3.00. The van der Waals surface area contributed by atoms with Crippen LogP contribution in [0.25, 0.3) is 0 Å². The molecule has 0 spiro atoms. The number of benzene rings is 1. The molecule has 0 aliphatic rings. The first-order valence-corrected chi connectivity index (χ1v) is 6.82. The third-order valence-corrected chi connectivity index (χ3v) is 3.00. The third kappa shape index (κ3) is 3.58. The van der Waals surface area contributed by atoms with Gasteiger partial charge in [0.1, 0.15) is 11.6 Å². The number of halogens is 1. The fourth-order valence-electron chi connectivity index (χ4n) is 1.93. The van der Waals surface area contributed by atoms with Crippen LogP contribution in [0, 0.1) is 5.82 Å². The molecule has 1 aromatic carbocycles. The Morgan fingerprint density at radius 2 is 2.00 bits per heavy atom. The number of hydrogen-bond donors (Lipinski definition) is 1. The van der Waals surface area contributed by atoms with Crippen LogP contribution in [0.3, 0.4) is 0 Å². The molecule has 0 amide bonds. The highest BCUT2D eigenvalue weighted by Gasteiger charge is 2.06. The lowest BCUT2D eigenvalue weighted by atomic mass is 10.2. The highest BCUT2D eigenvalue weighted by molar-refractivity contribution is 5.37. The van der Waals surface area contributed by atoms with Gasteiger partial charge in [-0.1, -0.05) is 12.1 Å². The largest absolute Gasteiger partial charge is 0.453 e. The zero-order chi connectivity index (χ0) is 15.2. The summed E-state index contributed by atoms with van der Waals surface area (Å²) in [7, 11) is 0. The van der Waals surface area contributed by atoms with Crippen LogP contribution < -0.4 is 10.1 Å². The maximum atomic E-state index is 14.1. The summed E-state index contributed by atoms with van der Waals surface area (Å²) >= 11 is 0. The predicted molar refractivity (Wildman–Crippen MR) is 82.3 cm³/mol. The molecule has 0 saturated heterocycles. The van der Waals surface area contributed by atoms with Crippen molar-refractivity contribution in [2.45, 2.75) is 6.54 Å². The fraction of sp³-hybridized carbons (Fsp3) is 0.0588. The number of pyridine rings is 2. The Hall–Kier alpha value is -2.95. The molecule has 0 atom stereocenters. The van der Waals surface area contributed by atoms with Gasteiger partial charge in [-0.3, -0.25) is 4.98 Å². The van der Waals surface area contributed by atoms with Gasteiger partial charge >= 0.3 is 0 Å². The number of aromatic nitrogens is 2. The minimum absolute atomic E-state index is 0.176. The molecule has 22 heavy (non-hydrogen) atoms. The van der Waals surface area contributed by atoms with Gasteiger partial charge < -0.3 is 10.1 Å². The van der Waals surface area contributed by atoms with Gasteiger partial charge in [-0.05, 0) is 42.0 Å². The van der Waals surface area contributed by atoms with Crippen LogP contribution in [0.1, 0.15) is 5.56 Å². The minimum Gasteiger partial charge on any atom is -0.453 e. The summed E-state index contributed by atoms with van der Waals surface area (Å²) in [4.78, 5) is 8.08. The van der Waals surface area contributed by atoms with Gasteiger partial charge in [0, 0.05) is 18.9 Å². The summed E-state index contributed by atoms with van der Waals surface area (Å²) in [5.74, 6) is 1.01. The molecule has 5 heteroatoms. The molecular formula is C17H14FN3O. The van der Waals surface area contributed by atoms with E-state index in [2.05, 4.69) is 15.3 Å². The Balaban J connectivity index is 1.67. The van der Waals surface area contributed by atoms with E-state index in [9.17, 15) is 4.39 Å². The van der Waals surface area contributed by atoms with Gasteiger partial charge in [-0.15, -0.1) is 0 Å². The van der Waals surface area contributed by atoms with Crippen LogP contribution in [-0.2, 0) is 6.54 Å². The predicted octanol–water partition coefficient (Wildman–Crippen LogP) is 4.02. The van der Waals surface area contributed by atoms with Gasteiger partial charge in [0.25, 0.3) is 0 Å². The van der Waals surface area contributed by atoms with Gasteiger partial charge in [0.05, 0.1) is 6.20 Å². The Kier molecular flexibility index (Phi) is 4.25. The van der Waals surface area contributed by atoms with Crippen LogP contribution in [-0.4, -0.2) is 9.97 Å². The number of nitrogens with zero attached hydrogens (tertiary/aromatic N) is 2. The van der Waals surface area contributed by atoms with Gasteiger partial charge in [0.15, 0.2) is 11.6 Å². The number of nitrogens with one attached hydrogen (secondary N) is 1. The standard InChI is InChI=1S/C17H14FN3O/c18-15-10-13(11-21-17-5-1-2-9-20-17)6-7-16(15)22-14-4-3-8-19-12-14/h1-10,12H,11H2,(H,20,21). The van der Waals surface area contributed by atoms with Crippen LogP contribution >= 0.6 is 0 Å². The molecule has 3 aromatic rings. The Labute approximate surface area is 127 Å². The summed E-state index contributed by atoms with van der Waals surface area (Å²) in [5.41, 5.74) is 0.807. The van der Waals surface area contributed by atoms with E-state index in [-0.39, 0.29) is 5.75 Å².